The van der Waals surface area contributed by atoms with Crippen molar-refractivity contribution in [2.24, 2.45) is 4.99 Å². The highest BCUT2D eigenvalue weighted by molar-refractivity contribution is 5.80. The van der Waals surface area contributed by atoms with Gasteiger partial charge >= 0.3 is 0 Å². The van der Waals surface area contributed by atoms with E-state index in [0.717, 1.165) is 35.0 Å². The molecule has 2 heterocycles. The summed E-state index contributed by atoms with van der Waals surface area (Å²) in [5, 5.41) is 4.38. The minimum atomic E-state index is -0.0237. The lowest BCUT2D eigenvalue weighted by atomic mass is 10.0. The molecule has 0 bridgehead atoms. The van der Waals surface area contributed by atoms with Crippen molar-refractivity contribution in [2.75, 3.05) is 6.54 Å². The van der Waals surface area contributed by atoms with Gasteiger partial charge in [0.2, 0.25) is 0 Å². The molecule has 0 atom stereocenters. The maximum absolute atomic E-state index is 12.2. The van der Waals surface area contributed by atoms with Crippen LogP contribution in [0.15, 0.2) is 39.8 Å². The first-order valence-electron chi connectivity index (χ1n) is 7.69. The number of fused-ring (bicyclic) bond motifs is 1. The summed E-state index contributed by atoms with van der Waals surface area (Å²) in [5.41, 5.74) is 5.11. The summed E-state index contributed by atoms with van der Waals surface area (Å²) in [4.78, 5) is 19.5. The highest BCUT2D eigenvalue weighted by Gasteiger charge is 2.05. The van der Waals surface area contributed by atoms with Gasteiger partial charge in [-0.05, 0) is 61.4 Å². The van der Waals surface area contributed by atoms with Gasteiger partial charge in [0, 0.05) is 36.1 Å². The Hall–Kier alpha value is -2.20. The highest BCUT2D eigenvalue weighted by atomic mass is 16.1. The third-order valence-corrected chi connectivity index (χ3v) is 4.09. The standard InChI is InChI=1S/C18H21N3O/c1-12-7-14-9-15(18(22)21-17(14)8-13(12)2)10-19-11-16-5-3-4-6-20-16/h5-9,19H,3-4,10-11H2,1-2H3,(H,21,22). The van der Waals surface area contributed by atoms with Gasteiger partial charge in [-0.15, -0.1) is 0 Å². The number of rotatable bonds is 4. The number of H-pyrrole nitrogens is 1. The number of benzene rings is 1. The average Bonchev–Trinajstić information content (AvgIpc) is 2.51. The molecule has 0 radical (unpaired) electrons. The van der Waals surface area contributed by atoms with Crippen molar-refractivity contribution in [3.05, 3.63) is 57.0 Å². The normalized spacial score (nSPS) is 14.4. The summed E-state index contributed by atoms with van der Waals surface area (Å²) >= 11 is 0. The van der Waals surface area contributed by atoms with Crippen LogP contribution in [0.25, 0.3) is 10.9 Å². The van der Waals surface area contributed by atoms with Crippen molar-refractivity contribution in [1.82, 2.24) is 10.3 Å². The van der Waals surface area contributed by atoms with Crippen molar-refractivity contribution < 1.29 is 0 Å². The average molecular weight is 295 g/mol. The van der Waals surface area contributed by atoms with Crippen LogP contribution in [-0.4, -0.2) is 17.7 Å². The van der Waals surface area contributed by atoms with Gasteiger partial charge in [0.25, 0.3) is 5.56 Å². The van der Waals surface area contributed by atoms with E-state index in [1.54, 1.807) is 0 Å². The van der Waals surface area contributed by atoms with Gasteiger partial charge in [-0.1, -0.05) is 6.08 Å². The first-order valence-corrected chi connectivity index (χ1v) is 7.69. The lowest BCUT2D eigenvalue weighted by Crippen LogP contribution is -2.22. The lowest BCUT2D eigenvalue weighted by molar-refractivity contribution is 0.724. The molecule has 4 heteroatoms. The Morgan fingerprint density at radius 2 is 1.95 bits per heavy atom. The summed E-state index contributed by atoms with van der Waals surface area (Å²) in [5.74, 6) is 0. The summed E-state index contributed by atoms with van der Waals surface area (Å²) in [6, 6.07) is 6.13. The third kappa shape index (κ3) is 3.17. The molecule has 1 aromatic carbocycles. The monoisotopic (exact) mass is 295 g/mol. The molecule has 1 aliphatic rings. The zero-order valence-electron chi connectivity index (χ0n) is 13.1. The number of pyridine rings is 1. The summed E-state index contributed by atoms with van der Waals surface area (Å²) in [6.45, 7) is 5.39. The van der Waals surface area contributed by atoms with Crippen LogP contribution < -0.4 is 10.9 Å². The molecule has 0 amide bonds. The van der Waals surface area contributed by atoms with Crippen LogP contribution in [0.3, 0.4) is 0 Å². The number of allylic oxidation sites excluding steroid dienone is 1. The SMILES string of the molecule is Cc1cc2cc(CNCC3=CCCC=N3)c(=O)[nH]c2cc1C. The molecule has 1 aliphatic heterocycles. The fourth-order valence-electron chi connectivity index (χ4n) is 2.66. The van der Waals surface area contributed by atoms with Gasteiger partial charge < -0.3 is 10.3 Å². The van der Waals surface area contributed by atoms with E-state index in [0.29, 0.717) is 13.1 Å². The van der Waals surface area contributed by atoms with E-state index in [1.807, 2.05) is 18.3 Å². The van der Waals surface area contributed by atoms with E-state index in [-0.39, 0.29) is 5.56 Å². The molecular weight excluding hydrogens is 274 g/mol. The second kappa shape index (κ2) is 6.28. The molecule has 0 saturated heterocycles. The number of aromatic nitrogens is 1. The third-order valence-electron chi connectivity index (χ3n) is 4.09. The Morgan fingerprint density at radius 3 is 2.73 bits per heavy atom. The van der Waals surface area contributed by atoms with Crippen LogP contribution in [0.1, 0.15) is 29.5 Å². The molecule has 0 saturated carbocycles. The Labute approximate surface area is 130 Å². The summed E-state index contributed by atoms with van der Waals surface area (Å²) in [7, 11) is 0. The van der Waals surface area contributed by atoms with E-state index < -0.39 is 0 Å². The van der Waals surface area contributed by atoms with Crippen molar-refractivity contribution >= 4 is 17.1 Å². The van der Waals surface area contributed by atoms with Crippen LogP contribution in [0.4, 0.5) is 0 Å². The number of hydrogen-bond donors (Lipinski definition) is 2. The second-order valence-corrected chi connectivity index (χ2v) is 5.84. The number of hydrogen-bond acceptors (Lipinski definition) is 3. The van der Waals surface area contributed by atoms with E-state index in [2.05, 4.69) is 41.3 Å². The molecule has 2 N–H and O–H groups in total. The Morgan fingerprint density at radius 1 is 1.14 bits per heavy atom. The minimum absolute atomic E-state index is 0.0237. The van der Waals surface area contributed by atoms with Gasteiger partial charge in [0.1, 0.15) is 0 Å². The highest BCUT2D eigenvalue weighted by Crippen LogP contribution is 2.17. The minimum Gasteiger partial charge on any atom is -0.322 e. The van der Waals surface area contributed by atoms with E-state index in [9.17, 15) is 4.79 Å². The molecule has 22 heavy (non-hydrogen) atoms. The van der Waals surface area contributed by atoms with Gasteiger partial charge in [0.15, 0.2) is 0 Å². The van der Waals surface area contributed by atoms with Crippen molar-refractivity contribution in [3.8, 4) is 0 Å². The van der Waals surface area contributed by atoms with Crippen LogP contribution in [-0.2, 0) is 6.54 Å². The molecular formula is C18H21N3O. The van der Waals surface area contributed by atoms with Crippen molar-refractivity contribution in [2.45, 2.75) is 33.2 Å². The first-order chi connectivity index (χ1) is 10.6. The molecule has 0 spiro atoms. The Kier molecular flexibility index (Phi) is 4.20. The number of nitrogens with one attached hydrogen (secondary N) is 2. The molecule has 2 aromatic rings. The second-order valence-electron chi connectivity index (χ2n) is 5.84. The Balaban J connectivity index is 1.77. The summed E-state index contributed by atoms with van der Waals surface area (Å²) < 4.78 is 0. The first kappa shape index (κ1) is 14.7. The lowest BCUT2D eigenvalue weighted by Gasteiger charge is -2.09. The molecule has 4 nitrogen and oxygen atoms in total. The molecule has 0 unspecified atom stereocenters. The molecule has 114 valence electrons. The maximum Gasteiger partial charge on any atom is 0.252 e. The van der Waals surface area contributed by atoms with Crippen molar-refractivity contribution in [3.63, 3.8) is 0 Å². The zero-order valence-corrected chi connectivity index (χ0v) is 13.1. The number of aliphatic imine (C=N–C) groups is 1. The van der Waals surface area contributed by atoms with Crippen molar-refractivity contribution in [1.29, 1.82) is 0 Å². The zero-order chi connectivity index (χ0) is 15.5. The van der Waals surface area contributed by atoms with Crippen LogP contribution >= 0.6 is 0 Å². The molecule has 0 fully saturated rings. The molecule has 1 aromatic heterocycles. The largest absolute Gasteiger partial charge is 0.322 e. The van der Waals surface area contributed by atoms with Gasteiger partial charge in [-0.25, -0.2) is 0 Å². The van der Waals surface area contributed by atoms with E-state index >= 15 is 0 Å². The maximum atomic E-state index is 12.2. The molecule has 0 aliphatic carbocycles. The Bertz CT molecular complexity index is 815. The number of aryl methyl sites for hydroxylation is 2. The molecule has 3 rings (SSSR count). The van der Waals surface area contributed by atoms with E-state index in [1.165, 1.54) is 11.1 Å². The van der Waals surface area contributed by atoms with Gasteiger partial charge in [0.05, 0.1) is 0 Å². The predicted molar refractivity (Wildman–Crippen MR) is 91.6 cm³/mol. The predicted octanol–water partition coefficient (Wildman–Crippen LogP) is 2.98. The van der Waals surface area contributed by atoms with Gasteiger partial charge in [-0.3, -0.25) is 9.79 Å². The van der Waals surface area contributed by atoms with Crippen LogP contribution in [0.5, 0.6) is 0 Å². The number of aromatic amines is 1. The smallest absolute Gasteiger partial charge is 0.252 e. The van der Waals surface area contributed by atoms with Gasteiger partial charge in [-0.2, -0.15) is 0 Å². The van der Waals surface area contributed by atoms with E-state index in [4.69, 9.17) is 0 Å². The quantitative estimate of drug-likeness (QED) is 0.911. The number of nitrogens with zero attached hydrogens (tertiary/aromatic N) is 1. The fraction of sp³-hybridized carbons (Fsp3) is 0.333. The fourth-order valence-corrected chi connectivity index (χ4v) is 2.66. The van der Waals surface area contributed by atoms with Crippen LogP contribution in [0.2, 0.25) is 0 Å². The van der Waals surface area contributed by atoms with Crippen LogP contribution in [0, 0.1) is 13.8 Å². The topological polar surface area (TPSA) is 57.2 Å². The summed E-state index contributed by atoms with van der Waals surface area (Å²) in [6.07, 6.45) is 6.16.